The average Bonchev–Trinajstić information content (AvgIpc) is 3.36. The van der Waals surface area contributed by atoms with Gasteiger partial charge in [-0.1, -0.05) is 12.1 Å². The number of benzene rings is 1. The van der Waals surface area contributed by atoms with Crippen LogP contribution in [0.2, 0.25) is 0 Å². The molecule has 39 heavy (non-hydrogen) atoms. The third kappa shape index (κ3) is 5.01. The van der Waals surface area contributed by atoms with Crippen molar-refractivity contribution in [2.45, 2.75) is 90.5 Å². The molecule has 1 amide bonds. The lowest BCUT2D eigenvalue weighted by molar-refractivity contribution is -0.120. The SMILES string of the molecule is Cc1cccc(N2CCC(CCC(=O)Cn3nc(C(=O)N4CCC(O)C(F)C4)c4c3CCC4)C3(CC3)C2)c1C. The van der Waals surface area contributed by atoms with Crippen molar-refractivity contribution in [3.05, 3.63) is 46.3 Å². The van der Waals surface area contributed by atoms with E-state index < -0.39 is 12.3 Å². The van der Waals surface area contributed by atoms with Crippen molar-refractivity contribution in [3.8, 4) is 0 Å². The molecule has 3 heterocycles. The summed E-state index contributed by atoms with van der Waals surface area (Å²) in [7, 11) is 0. The van der Waals surface area contributed by atoms with Gasteiger partial charge >= 0.3 is 0 Å². The number of amides is 1. The van der Waals surface area contributed by atoms with Gasteiger partial charge in [-0.2, -0.15) is 5.10 Å². The topological polar surface area (TPSA) is 78.7 Å². The predicted octanol–water partition coefficient (Wildman–Crippen LogP) is 4.19. The highest BCUT2D eigenvalue weighted by Crippen LogP contribution is 2.57. The summed E-state index contributed by atoms with van der Waals surface area (Å²) in [6, 6.07) is 6.58. The van der Waals surface area contributed by atoms with Crippen molar-refractivity contribution < 1.29 is 19.1 Å². The van der Waals surface area contributed by atoms with Crippen LogP contribution in [-0.2, 0) is 24.2 Å². The Balaban J connectivity index is 1.08. The Hall–Kier alpha value is -2.74. The maximum atomic E-state index is 14.1. The van der Waals surface area contributed by atoms with E-state index in [0.717, 1.165) is 56.5 Å². The van der Waals surface area contributed by atoms with Gasteiger partial charge in [0.05, 0.1) is 19.2 Å². The lowest BCUT2D eigenvalue weighted by atomic mass is 9.79. The van der Waals surface area contributed by atoms with Gasteiger partial charge in [0.15, 0.2) is 11.5 Å². The van der Waals surface area contributed by atoms with Crippen molar-refractivity contribution >= 4 is 17.4 Å². The number of ketones is 1. The maximum absolute atomic E-state index is 14.1. The average molecular weight is 537 g/mol. The van der Waals surface area contributed by atoms with Gasteiger partial charge in [-0.3, -0.25) is 14.3 Å². The van der Waals surface area contributed by atoms with Crippen LogP contribution >= 0.6 is 0 Å². The molecule has 3 fully saturated rings. The number of aliphatic hydroxyl groups excluding tert-OH is 1. The Morgan fingerprint density at radius 3 is 2.74 bits per heavy atom. The summed E-state index contributed by atoms with van der Waals surface area (Å²) in [5, 5.41) is 14.3. The number of fused-ring (bicyclic) bond motifs is 1. The standard InChI is InChI=1S/C31H41FN4O3/c1-20-5-3-7-26(21(20)2)35-15-11-22(31(19-35)13-14-31)9-10-23(37)17-36-27-8-4-6-24(27)29(33-36)30(39)34-16-12-28(38)25(32)18-34/h3,5,7,22,25,28,38H,4,6,8-19H2,1-2H3. The van der Waals surface area contributed by atoms with Crippen LogP contribution in [0.4, 0.5) is 10.1 Å². The van der Waals surface area contributed by atoms with Gasteiger partial charge in [0.2, 0.25) is 0 Å². The number of aromatic nitrogens is 2. The fourth-order valence-corrected chi connectivity index (χ4v) is 7.29. The number of nitrogens with zero attached hydrogens (tertiary/aromatic N) is 4. The van der Waals surface area contributed by atoms with Gasteiger partial charge in [0, 0.05) is 43.0 Å². The van der Waals surface area contributed by atoms with E-state index in [-0.39, 0.29) is 31.2 Å². The van der Waals surface area contributed by atoms with E-state index in [1.807, 2.05) is 0 Å². The number of halogens is 1. The normalized spacial score (nSPS) is 25.7. The smallest absolute Gasteiger partial charge is 0.274 e. The lowest BCUT2D eigenvalue weighted by Gasteiger charge is -2.41. The molecule has 7 nitrogen and oxygen atoms in total. The van der Waals surface area contributed by atoms with Crippen LogP contribution in [0.3, 0.4) is 0 Å². The maximum Gasteiger partial charge on any atom is 0.274 e. The van der Waals surface area contributed by atoms with Crippen LogP contribution in [-0.4, -0.2) is 69.9 Å². The van der Waals surface area contributed by atoms with Crippen LogP contribution in [0.25, 0.3) is 0 Å². The molecule has 1 aromatic carbocycles. The molecule has 2 aromatic rings. The van der Waals surface area contributed by atoms with Gasteiger partial charge in [0.1, 0.15) is 6.17 Å². The van der Waals surface area contributed by atoms with E-state index >= 15 is 0 Å². The van der Waals surface area contributed by atoms with Crippen LogP contribution in [0.1, 0.15) is 77.8 Å². The first-order chi connectivity index (χ1) is 18.8. The molecule has 2 aliphatic heterocycles. The molecule has 1 saturated carbocycles. The molecule has 6 rings (SSSR count). The minimum absolute atomic E-state index is 0.107. The third-order valence-corrected chi connectivity index (χ3v) is 10.0. The van der Waals surface area contributed by atoms with Crippen LogP contribution in [0.5, 0.6) is 0 Å². The fourth-order valence-electron chi connectivity index (χ4n) is 7.29. The summed E-state index contributed by atoms with van der Waals surface area (Å²) in [6.07, 6.45) is 5.39. The van der Waals surface area contributed by atoms with E-state index in [1.54, 1.807) is 4.68 Å². The zero-order valence-electron chi connectivity index (χ0n) is 23.3. The fraction of sp³-hybridized carbons (Fsp3) is 0.645. The molecule has 8 heteroatoms. The monoisotopic (exact) mass is 536 g/mol. The number of Topliss-reactive ketones (excluding diaryl/α,β-unsaturated/α-hetero) is 1. The zero-order valence-corrected chi connectivity index (χ0v) is 23.3. The van der Waals surface area contributed by atoms with E-state index in [9.17, 15) is 19.1 Å². The molecule has 1 aromatic heterocycles. The molecule has 1 spiro atoms. The molecule has 2 aliphatic carbocycles. The first kappa shape index (κ1) is 26.5. The van der Waals surface area contributed by atoms with Crippen LogP contribution in [0, 0.1) is 25.2 Å². The number of likely N-dealkylation sites (tertiary alicyclic amines) is 1. The van der Waals surface area contributed by atoms with Gasteiger partial charge in [-0.15, -0.1) is 0 Å². The predicted molar refractivity (Wildman–Crippen MR) is 148 cm³/mol. The van der Waals surface area contributed by atoms with E-state index in [2.05, 4.69) is 42.0 Å². The molecule has 3 atom stereocenters. The Bertz CT molecular complexity index is 1270. The largest absolute Gasteiger partial charge is 0.390 e. The van der Waals surface area contributed by atoms with Crippen molar-refractivity contribution in [3.63, 3.8) is 0 Å². The summed E-state index contributed by atoms with van der Waals surface area (Å²) < 4.78 is 15.8. The second-order valence-electron chi connectivity index (χ2n) is 12.5. The number of hydrogen-bond donors (Lipinski definition) is 1. The summed E-state index contributed by atoms with van der Waals surface area (Å²) in [5.74, 6) is 0.468. The molecule has 0 radical (unpaired) electrons. The molecule has 0 bridgehead atoms. The quantitative estimate of drug-likeness (QED) is 0.574. The number of anilines is 1. The summed E-state index contributed by atoms with van der Waals surface area (Å²) in [5.41, 5.74) is 6.69. The third-order valence-electron chi connectivity index (χ3n) is 10.0. The van der Waals surface area contributed by atoms with Gasteiger partial charge < -0.3 is 14.9 Å². The van der Waals surface area contributed by atoms with E-state index in [1.165, 1.54) is 34.6 Å². The minimum atomic E-state index is -1.43. The summed E-state index contributed by atoms with van der Waals surface area (Å²) in [4.78, 5) is 30.4. The number of aryl methyl sites for hydroxylation is 1. The second kappa shape index (κ2) is 10.3. The first-order valence-electron chi connectivity index (χ1n) is 14.8. The minimum Gasteiger partial charge on any atom is -0.390 e. The number of alkyl halides is 1. The van der Waals surface area contributed by atoms with Gasteiger partial charge in [0.25, 0.3) is 5.91 Å². The van der Waals surface area contributed by atoms with E-state index in [0.29, 0.717) is 30.0 Å². The van der Waals surface area contributed by atoms with Crippen molar-refractivity contribution in [1.29, 1.82) is 0 Å². The van der Waals surface area contributed by atoms with Crippen molar-refractivity contribution in [2.75, 3.05) is 31.1 Å². The van der Waals surface area contributed by atoms with Crippen molar-refractivity contribution in [1.82, 2.24) is 14.7 Å². The van der Waals surface area contributed by atoms with Crippen molar-refractivity contribution in [2.24, 2.45) is 11.3 Å². The van der Waals surface area contributed by atoms with Crippen LogP contribution < -0.4 is 4.90 Å². The summed E-state index contributed by atoms with van der Waals surface area (Å²) >= 11 is 0. The molecule has 210 valence electrons. The number of rotatable bonds is 7. The highest BCUT2D eigenvalue weighted by atomic mass is 19.1. The molecule has 2 saturated heterocycles. The highest BCUT2D eigenvalue weighted by Gasteiger charge is 2.52. The number of piperidine rings is 2. The number of carbonyl (C=O) groups excluding carboxylic acids is 2. The summed E-state index contributed by atoms with van der Waals surface area (Å²) in [6.45, 7) is 6.94. The Morgan fingerprint density at radius 1 is 1.15 bits per heavy atom. The first-order valence-corrected chi connectivity index (χ1v) is 14.8. The molecule has 3 unspecified atom stereocenters. The molecule has 1 N–H and O–H groups in total. The highest BCUT2D eigenvalue weighted by molar-refractivity contribution is 5.94. The van der Waals surface area contributed by atoms with Gasteiger partial charge in [-0.25, -0.2) is 4.39 Å². The Labute approximate surface area is 230 Å². The Morgan fingerprint density at radius 2 is 1.97 bits per heavy atom. The number of carbonyl (C=O) groups is 2. The Kier molecular flexibility index (Phi) is 7.02. The zero-order chi connectivity index (χ0) is 27.3. The number of aliphatic hydroxyl groups is 1. The van der Waals surface area contributed by atoms with Gasteiger partial charge in [-0.05, 0) is 93.7 Å². The van der Waals surface area contributed by atoms with E-state index in [4.69, 9.17) is 0 Å². The molecular formula is C31H41FN4O3. The molecular weight excluding hydrogens is 495 g/mol. The second-order valence-corrected chi connectivity index (χ2v) is 12.5. The van der Waals surface area contributed by atoms with Crippen LogP contribution in [0.15, 0.2) is 18.2 Å². The number of hydrogen-bond acceptors (Lipinski definition) is 5. The lowest BCUT2D eigenvalue weighted by Crippen LogP contribution is -2.47. The molecule has 4 aliphatic rings.